The molecule has 0 saturated heterocycles. The largest absolute Gasteiger partial charge is 0.383 e. The van der Waals surface area contributed by atoms with Crippen molar-refractivity contribution in [1.29, 1.82) is 0 Å². The molecular weight excluding hydrogens is 387 g/mol. The van der Waals surface area contributed by atoms with E-state index in [-0.39, 0.29) is 28.3 Å². The van der Waals surface area contributed by atoms with E-state index in [9.17, 15) is 12.8 Å². The molecule has 21 heavy (non-hydrogen) atoms. The normalized spacial score (nSPS) is 11.2. The van der Waals surface area contributed by atoms with Gasteiger partial charge in [0.1, 0.15) is 5.82 Å². The molecule has 1 rings (SSSR count). The smallest absolute Gasteiger partial charge is 0.240 e. The van der Waals surface area contributed by atoms with Crippen molar-refractivity contribution in [1.82, 2.24) is 10.0 Å². The van der Waals surface area contributed by atoms with E-state index in [0.29, 0.717) is 25.3 Å². The molecule has 0 heterocycles. The fourth-order valence-electron chi connectivity index (χ4n) is 1.57. The number of nitrogens with one attached hydrogen (secondary N) is 2. The van der Waals surface area contributed by atoms with Gasteiger partial charge in [-0.3, -0.25) is 0 Å². The molecule has 9 heteroatoms. The van der Waals surface area contributed by atoms with Crippen molar-refractivity contribution in [2.75, 3.05) is 33.4 Å². The Hall–Kier alpha value is -0.250. The van der Waals surface area contributed by atoms with Gasteiger partial charge in [0.05, 0.1) is 16.0 Å². The van der Waals surface area contributed by atoms with Crippen molar-refractivity contribution in [3.63, 3.8) is 0 Å². The minimum Gasteiger partial charge on any atom is -0.383 e. The predicted octanol–water partition coefficient (Wildman–Crippen LogP) is 1.83. The van der Waals surface area contributed by atoms with Crippen LogP contribution in [-0.2, 0) is 14.8 Å². The van der Waals surface area contributed by atoms with Crippen LogP contribution in [0.4, 0.5) is 4.39 Å². The molecule has 122 valence electrons. The number of rotatable bonds is 8. The van der Waals surface area contributed by atoms with Crippen molar-refractivity contribution >= 4 is 38.4 Å². The fraction of sp³-hybridized carbons (Fsp3) is 0.500. The Balaban J connectivity index is 0.00000400. The van der Waals surface area contributed by atoms with Gasteiger partial charge < -0.3 is 10.1 Å². The number of aryl methyl sites for hydroxylation is 1. The maximum absolute atomic E-state index is 13.3. The molecule has 0 radical (unpaired) electrons. The second kappa shape index (κ2) is 9.70. The zero-order valence-electron chi connectivity index (χ0n) is 11.8. The number of hydrogen-bond donors (Lipinski definition) is 2. The molecule has 0 saturated carbocycles. The summed E-state index contributed by atoms with van der Waals surface area (Å²) in [5, 5.41) is 3.02. The zero-order valence-corrected chi connectivity index (χ0v) is 15.0. The van der Waals surface area contributed by atoms with E-state index in [0.717, 1.165) is 0 Å². The Morgan fingerprint density at radius 3 is 2.57 bits per heavy atom. The van der Waals surface area contributed by atoms with E-state index in [2.05, 4.69) is 26.0 Å². The summed E-state index contributed by atoms with van der Waals surface area (Å²) in [6, 6.07) is 2.46. The second-order valence-electron chi connectivity index (χ2n) is 4.17. The highest BCUT2D eigenvalue weighted by atomic mass is 79.9. The van der Waals surface area contributed by atoms with Crippen LogP contribution in [-0.4, -0.2) is 41.8 Å². The number of methoxy groups -OCH3 is 1. The van der Waals surface area contributed by atoms with Crippen LogP contribution in [0.1, 0.15) is 5.56 Å². The Morgan fingerprint density at radius 1 is 1.29 bits per heavy atom. The molecule has 5 nitrogen and oxygen atoms in total. The first-order valence-corrected chi connectivity index (χ1v) is 8.31. The van der Waals surface area contributed by atoms with Gasteiger partial charge in [-0.25, -0.2) is 17.5 Å². The highest BCUT2D eigenvalue weighted by Crippen LogP contribution is 2.23. The van der Waals surface area contributed by atoms with Gasteiger partial charge in [-0.1, -0.05) is 0 Å². The van der Waals surface area contributed by atoms with Crippen LogP contribution in [0.25, 0.3) is 0 Å². The van der Waals surface area contributed by atoms with Gasteiger partial charge in [0, 0.05) is 26.7 Å². The van der Waals surface area contributed by atoms with Gasteiger partial charge in [0.25, 0.3) is 0 Å². The Bertz CT molecular complexity index is 558. The monoisotopic (exact) mass is 404 g/mol. The molecule has 1 aromatic carbocycles. The number of hydrogen-bond acceptors (Lipinski definition) is 4. The van der Waals surface area contributed by atoms with E-state index < -0.39 is 15.8 Å². The number of sulfonamides is 1. The molecule has 0 aliphatic heterocycles. The van der Waals surface area contributed by atoms with Crippen molar-refractivity contribution in [3.05, 3.63) is 28.0 Å². The topological polar surface area (TPSA) is 67.4 Å². The SMILES string of the molecule is COCCNCCNS(=O)(=O)c1cc(Br)c(F)cc1C.Cl. The third kappa shape index (κ3) is 6.58. The third-order valence-corrected chi connectivity index (χ3v) is 4.79. The minimum atomic E-state index is -3.64. The summed E-state index contributed by atoms with van der Waals surface area (Å²) in [5.41, 5.74) is 0.366. The van der Waals surface area contributed by atoms with Crippen molar-refractivity contribution < 1.29 is 17.5 Å². The number of benzene rings is 1. The number of halogens is 3. The Kier molecular flexibility index (Phi) is 9.59. The van der Waals surface area contributed by atoms with Gasteiger partial charge >= 0.3 is 0 Å². The average molecular weight is 406 g/mol. The van der Waals surface area contributed by atoms with E-state index >= 15 is 0 Å². The first kappa shape index (κ1) is 20.8. The highest BCUT2D eigenvalue weighted by molar-refractivity contribution is 9.10. The predicted molar refractivity (Wildman–Crippen MR) is 86.0 cm³/mol. The molecular formula is C12H19BrClFN2O3S. The quantitative estimate of drug-likeness (QED) is 0.648. The summed E-state index contributed by atoms with van der Waals surface area (Å²) in [5.74, 6) is -0.484. The van der Waals surface area contributed by atoms with Gasteiger partial charge in [-0.05, 0) is 40.5 Å². The van der Waals surface area contributed by atoms with Crippen molar-refractivity contribution in [3.8, 4) is 0 Å². The molecule has 0 fully saturated rings. The van der Waals surface area contributed by atoms with Crippen LogP contribution in [0.5, 0.6) is 0 Å². The van der Waals surface area contributed by atoms with Gasteiger partial charge in [0.2, 0.25) is 10.0 Å². The van der Waals surface area contributed by atoms with Crippen LogP contribution in [0.3, 0.4) is 0 Å². The van der Waals surface area contributed by atoms with Crippen molar-refractivity contribution in [2.45, 2.75) is 11.8 Å². The molecule has 0 atom stereocenters. The molecule has 0 spiro atoms. The summed E-state index contributed by atoms with van der Waals surface area (Å²) in [4.78, 5) is 0.0719. The highest BCUT2D eigenvalue weighted by Gasteiger charge is 2.18. The summed E-state index contributed by atoms with van der Waals surface area (Å²) in [6.07, 6.45) is 0. The number of ether oxygens (including phenoxy) is 1. The molecule has 2 N–H and O–H groups in total. The van der Waals surface area contributed by atoms with Gasteiger partial charge in [-0.2, -0.15) is 0 Å². The van der Waals surface area contributed by atoms with Crippen molar-refractivity contribution in [2.24, 2.45) is 0 Å². The summed E-state index contributed by atoms with van der Waals surface area (Å²) < 4.78 is 44.9. The fourth-order valence-corrected chi connectivity index (χ4v) is 3.35. The molecule has 0 unspecified atom stereocenters. The minimum absolute atomic E-state index is 0. The van der Waals surface area contributed by atoms with E-state index in [1.165, 1.54) is 12.1 Å². The summed E-state index contributed by atoms with van der Waals surface area (Å²) in [6.45, 7) is 3.52. The molecule has 0 aliphatic rings. The Labute approximate surface area is 139 Å². The maximum atomic E-state index is 13.3. The van der Waals surface area contributed by atoms with Gasteiger partial charge in [0.15, 0.2) is 0 Å². The third-order valence-electron chi connectivity index (χ3n) is 2.58. The van der Waals surface area contributed by atoms with Crippen LogP contribution >= 0.6 is 28.3 Å². The van der Waals surface area contributed by atoms with Crippen LogP contribution in [0.15, 0.2) is 21.5 Å². The first-order chi connectivity index (χ1) is 9.38. The molecule has 0 aliphatic carbocycles. The van der Waals surface area contributed by atoms with Crippen LogP contribution < -0.4 is 10.0 Å². The van der Waals surface area contributed by atoms with E-state index in [1.807, 2.05) is 0 Å². The van der Waals surface area contributed by atoms with E-state index in [1.54, 1.807) is 14.0 Å². The second-order valence-corrected chi connectivity index (χ2v) is 6.76. The lowest BCUT2D eigenvalue weighted by Gasteiger charge is -2.10. The Morgan fingerprint density at radius 2 is 1.95 bits per heavy atom. The zero-order chi connectivity index (χ0) is 15.2. The first-order valence-electron chi connectivity index (χ1n) is 6.03. The molecule has 0 amide bonds. The molecule has 0 bridgehead atoms. The van der Waals surface area contributed by atoms with E-state index in [4.69, 9.17) is 4.74 Å². The lowest BCUT2D eigenvalue weighted by Crippen LogP contribution is -2.33. The lowest BCUT2D eigenvalue weighted by atomic mass is 10.2. The molecule has 1 aromatic rings. The standard InChI is InChI=1S/C12H18BrFN2O3S.ClH/c1-9-7-11(14)10(13)8-12(9)20(17,18)16-4-3-15-5-6-19-2;/h7-8,15-16H,3-6H2,1-2H3;1H. The molecule has 0 aromatic heterocycles. The summed E-state index contributed by atoms with van der Waals surface area (Å²) >= 11 is 2.99. The summed E-state index contributed by atoms with van der Waals surface area (Å²) in [7, 11) is -2.04. The lowest BCUT2D eigenvalue weighted by molar-refractivity contribution is 0.199. The van der Waals surface area contributed by atoms with Crippen LogP contribution in [0.2, 0.25) is 0 Å². The maximum Gasteiger partial charge on any atom is 0.240 e. The van der Waals surface area contributed by atoms with Crippen LogP contribution in [0, 0.1) is 12.7 Å². The average Bonchev–Trinajstić information content (AvgIpc) is 2.37. The van der Waals surface area contributed by atoms with Gasteiger partial charge in [-0.15, -0.1) is 12.4 Å².